The van der Waals surface area contributed by atoms with Gasteiger partial charge in [-0.25, -0.2) is 19.9 Å². The minimum atomic E-state index is 0.0575. The number of ether oxygens (including phenoxy) is 1. The molecular formula is C13H17N5O. The van der Waals surface area contributed by atoms with Crippen molar-refractivity contribution in [3.05, 3.63) is 29.8 Å². The van der Waals surface area contributed by atoms with Crippen molar-refractivity contribution in [1.82, 2.24) is 19.9 Å². The largest absolute Gasteiger partial charge is 0.481 e. The zero-order valence-corrected chi connectivity index (χ0v) is 11.3. The van der Waals surface area contributed by atoms with Crippen molar-refractivity contribution in [2.45, 2.75) is 26.3 Å². The third kappa shape index (κ3) is 3.45. The van der Waals surface area contributed by atoms with E-state index in [1.165, 1.54) is 6.33 Å². The molecule has 2 rings (SSSR count). The average molecular weight is 259 g/mol. The molecule has 2 heterocycles. The molecule has 0 fully saturated rings. The van der Waals surface area contributed by atoms with Crippen molar-refractivity contribution < 1.29 is 4.74 Å². The normalized spacial score (nSPS) is 12.2. The van der Waals surface area contributed by atoms with Crippen LogP contribution in [0.1, 0.15) is 18.3 Å². The van der Waals surface area contributed by atoms with Gasteiger partial charge >= 0.3 is 0 Å². The van der Waals surface area contributed by atoms with Crippen molar-refractivity contribution in [3.8, 4) is 17.4 Å². The van der Waals surface area contributed by atoms with Crippen LogP contribution in [0.4, 0.5) is 0 Å². The standard InChI is InChI=1S/C13H17N5O/c1-8(14)4-10-5-9(2)17-13(18-10)11-6-12(19-3)16-7-15-11/h5-8H,4,14H2,1-3H3. The summed E-state index contributed by atoms with van der Waals surface area (Å²) < 4.78 is 5.07. The monoisotopic (exact) mass is 259 g/mol. The van der Waals surface area contributed by atoms with E-state index in [2.05, 4.69) is 19.9 Å². The summed E-state index contributed by atoms with van der Waals surface area (Å²) in [6.07, 6.45) is 2.14. The highest BCUT2D eigenvalue weighted by molar-refractivity contribution is 5.50. The van der Waals surface area contributed by atoms with Crippen LogP contribution in [0.25, 0.3) is 11.5 Å². The van der Waals surface area contributed by atoms with E-state index < -0.39 is 0 Å². The van der Waals surface area contributed by atoms with Crippen LogP contribution in [-0.4, -0.2) is 33.1 Å². The van der Waals surface area contributed by atoms with Gasteiger partial charge in [-0.2, -0.15) is 0 Å². The maximum atomic E-state index is 5.80. The first-order valence-electron chi connectivity index (χ1n) is 6.05. The molecule has 0 saturated heterocycles. The molecule has 0 aliphatic heterocycles. The van der Waals surface area contributed by atoms with Crippen molar-refractivity contribution in [2.24, 2.45) is 5.73 Å². The van der Waals surface area contributed by atoms with Crippen LogP contribution in [-0.2, 0) is 6.42 Å². The fourth-order valence-electron chi connectivity index (χ4n) is 1.76. The lowest BCUT2D eigenvalue weighted by molar-refractivity contribution is 0.397. The van der Waals surface area contributed by atoms with Crippen molar-refractivity contribution in [1.29, 1.82) is 0 Å². The lowest BCUT2D eigenvalue weighted by atomic mass is 10.1. The number of nitrogens with zero attached hydrogens (tertiary/aromatic N) is 4. The summed E-state index contributed by atoms with van der Waals surface area (Å²) >= 11 is 0. The number of aromatic nitrogens is 4. The molecule has 2 N–H and O–H groups in total. The Morgan fingerprint density at radius 2 is 2.05 bits per heavy atom. The van der Waals surface area contributed by atoms with Crippen LogP contribution < -0.4 is 10.5 Å². The van der Waals surface area contributed by atoms with Crippen LogP contribution in [0.15, 0.2) is 18.5 Å². The summed E-state index contributed by atoms with van der Waals surface area (Å²) in [5.74, 6) is 1.06. The predicted molar refractivity (Wildman–Crippen MR) is 71.7 cm³/mol. The maximum Gasteiger partial charge on any atom is 0.216 e. The molecule has 19 heavy (non-hydrogen) atoms. The minimum absolute atomic E-state index is 0.0575. The van der Waals surface area contributed by atoms with Gasteiger partial charge in [0, 0.05) is 29.9 Å². The van der Waals surface area contributed by atoms with Crippen LogP contribution in [0.5, 0.6) is 5.88 Å². The van der Waals surface area contributed by atoms with Gasteiger partial charge in [0.1, 0.15) is 12.0 Å². The third-order valence-corrected chi connectivity index (χ3v) is 2.52. The molecule has 0 aliphatic rings. The fraction of sp³-hybridized carbons (Fsp3) is 0.385. The summed E-state index contributed by atoms with van der Waals surface area (Å²) in [5.41, 5.74) is 8.24. The lowest BCUT2D eigenvalue weighted by Gasteiger charge is -2.08. The molecule has 1 atom stereocenters. The van der Waals surface area contributed by atoms with Gasteiger partial charge in [0.15, 0.2) is 5.82 Å². The second-order valence-electron chi connectivity index (χ2n) is 4.45. The van der Waals surface area contributed by atoms with Crippen LogP contribution in [0.2, 0.25) is 0 Å². The van der Waals surface area contributed by atoms with Gasteiger partial charge in [0.25, 0.3) is 0 Å². The second kappa shape index (κ2) is 5.71. The van der Waals surface area contributed by atoms with Gasteiger partial charge in [0.05, 0.1) is 7.11 Å². The summed E-state index contributed by atoms with van der Waals surface area (Å²) in [6.45, 7) is 3.87. The lowest BCUT2D eigenvalue weighted by Crippen LogP contribution is -2.19. The maximum absolute atomic E-state index is 5.80. The highest BCUT2D eigenvalue weighted by atomic mass is 16.5. The van der Waals surface area contributed by atoms with Gasteiger partial charge < -0.3 is 10.5 Å². The Labute approximate surface area is 112 Å². The topological polar surface area (TPSA) is 86.8 Å². The Hall–Kier alpha value is -2.08. The Bertz CT molecular complexity index is 571. The predicted octanol–water partition coefficient (Wildman–Crippen LogP) is 1.14. The molecule has 1 unspecified atom stereocenters. The quantitative estimate of drug-likeness (QED) is 0.886. The third-order valence-electron chi connectivity index (χ3n) is 2.52. The fourth-order valence-corrected chi connectivity index (χ4v) is 1.76. The molecule has 0 aromatic carbocycles. The van der Waals surface area contributed by atoms with Crippen LogP contribution >= 0.6 is 0 Å². The molecule has 2 aromatic heterocycles. The zero-order chi connectivity index (χ0) is 13.8. The molecule has 0 spiro atoms. The van der Waals surface area contributed by atoms with E-state index in [1.807, 2.05) is 19.9 Å². The van der Waals surface area contributed by atoms with E-state index in [1.54, 1.807) is 13.2 Å². The number of aryl methyl sites for hydroxylation is 1. The number of hydrogen-bond acceptors (Lipinski definition) is 6. The highest BCUT2D eigenvalue weighted by Crippen LogP contribution is 2.17. The minimum Gasteiger partial charge on any atom is -0.481 e. The molecular weight excluding hydrogens is 242 g/mol. The molecule has 6 nitrogen and oxygen atoms in total. The van der Waals surface area contributed by atoms with Gasteiger partial charge in [-0.1, -0.05) is 0 Å². The van der Waals surface area contributed by atoms with E-state index in [0.29, 0.717) is 23.8 Å². The summed E-state index contributed by atoms with van der Waals surface area (Å²) in [6, 6.07) is 3.71. The van der Waals surface area contributed by atoms with E-state index in [0.717, 1.165) is 11.4 Å². The molecule has 2 aromatic rings. The average Bonchev–Trinajstić information content (AvgIpc) is 2.37. The van der Waals surface area contributed by atoms with E-state index in [4.69, 9.17) is 10.5 Å². The highest BCUT2D eigenvalue weighted by Gasteiger charge is 2.09. The van der Waals surface area contributed by atoms with Crippen LogP contribution in [0, 0.1) is 6.92 Å². The molecule has 100 valence electrons. The molecule has 0 saturated carbocycles. The summed E-state index contributed by atoms with van der Waals surface area (Å²) in [5, 5.41) is 0. The van der Waals surface area contributed by atoms with Gasteiger partial charge in [0.2, 0.25) is 5.88 Å². The molecule has 0 aliphatic carbocycles. The number of rotatable bonds is 4. The zero-order valence-electron chi connectivity index (χ0n) is 11.3. The number of hydrogen-bond donors (Lipinski definition) is 1. The van der Waals surface area contributed by atoms with E-state index in [9.17, 15) is 0 Å². The Balaban J connectivity index is 2.40. The molecule has 6 heteroatoms. The first-order valence-corrected chi connectivity index (χ1v) is 6.05. The molecule has 0 radical (unpaired) electrons. The first-order chi connectivity index (χ1) is 9.08. The van der Waals surface area contributed by atoms with Gasteiger partial charge in [-0.05, 0) is 19.9 Å². The first kappa shape index (κ1) is 13.4. The Morgan fingerprint density at radius 3 is 2.74 bits per heavy atom. The molecule has 0 bridgehead atoms. The number of nitrogens with two attached hydrogens (primary N) is 1. The summed E-state index contributed by atoms with van der Waals surface area (Å²) in [4.78, 5) is 17.0. The van der Waals surface area contributed by atoms with Gasteiger partial charge in [-0.15, -0.1) is 0 Å². The van der Waals surface area contributed by atoms with Crippen molar-refractivity contribution in [3.63, 3.8) is 0 Å². The van der Waals surface area contributed by atoms with Gasteiger partial charge in [-0.3, -0.25) is 0 Å². The van der Waals surface area contributed by atoms with Crippen molar-refractivity contribution >= 4 is 0 Å². The van der Waals surface area contributed by atoms with E-state index in [-0.39, 0.29) is 6.04 Å². The van der Waals surface area contributed by atoms with Crippen molar-refractivity contribution in [2.75, 3.05) is 7.11 Å². The van der Waals surface area contributed by atoms with Crippen LogP contribution in [0.3, 0.4) is 0 Å². The number of methoxy groups -OCH3 is 1. The summed E-state index contributed by atoms with van der Waals surface area (Å²) in [7, 11) is 1.56. The SMILES string of the molecule is COc1cc(-c2nc(C)cc(CC(C)N)n2)ncn1. The molecule has 0 amide bonds. The Morgan fingerprint density at radius 1 is 1.26 bits per heavy atom. The Kier molecular flexibility index (Phi) is 4.01. The second-order valence-corrected chi connectivity index (χ2v) is 4.45. The van der Waals surface area contributed by atoms with E-state index >= 15 is 0 Å². The smallest absolute Gasteiger partial charge is 0.216 e.